The number of halogens is 1. The molecule has 2 N–H and O–H groups in total. The summed E-state index contributed by atoms with van der Waals surface area (Å²) in [5, 5.41) is 10.7. The van der Waals surface area contributed by atoms with Gasteiger partial charge in [0.25, 0.3) is 0 Å². The van der Waals surface area contributed by atoms with E-state index in [0.29, 0.717) is 11.4 Å². The Labute approximate surface area is 104 Å². The molecule has 1 aromatic carbocycles. The van der Waals surface area contributed by atoms with E-state index in [1.165, 1.54) is 0 Å². The van der Waals surface area contributed by atoms with E-state index >= 15 is 0 Å². The van der Waals surface area contributed by atoms with Gasteiger partial charge in [-0.25, -0.2) is 0 Å². The Morgan fingerprint density at radius 2 is 2.18 bits per heavy atom. The van der Waals surface area contributed by atoms with Crippen LogP contribution < -0.4 is 0 Å². The van der Waals surface area contributed by atoms with Gasteiger partial charge in [-0.2, -0.15) is 0 Å². The number of carboxylic acids is 1. The highest BCUT2D eigenvalue weighted by Crippen LogP contribution is 2.31. The Kier molecular flexibility index (Phi) is 2.87. The summed E-state index contributed by atoms with van der Waals surface area (Å²) in [6.07, 6.45) is 2.29. The lowest BCUT2D eigenvalue weighted by Crippen LogP contribution is -2.26. The molecule has 0 saturated heterocycles. The molecule has 0 aliphatic rings. The van der Waals surface area contributed by atoms with Crippen molar-refractivity contribution in [2.45, 2.75) is 20.3 Å². The second-order valence-corrected chi connectivity index (χ2v) is 5.25. The highest BCUT2D eigenvalue weighted by atomic mass is 35.5. The zero-order valence-electron chi connectivity index (χ0n) is 9.75. The van der Waals surface area contributed by atoms with Crippen LogP contribution in [0.1, 0.15) is 19.4 Å². The van der Waals surface area contributed by atoms with Crippen molar-refractivity contribution in [2.75, 3.05) is 0 Å². The van der Waals surface area contributed by atoms with E-state index in [-0.39, 0.29) is 0 Å². The van der Waals surface area contributed by atoms with Crippen molar-refractivity contribution < 1.29 is 9.90 Å². The predicted molar refractivity (Wildman–Crippen MR) is 68.4 cm³/mol. The number of aromatic amines is 1. The fraction of sp³-hybridized carbons (Fsp3) is 0.308. The smallest absolute Gasteiger partial charge is 0.309 e. The number of aliphatic carboxylic acids is 1. The zero-order valence-corrected chi connectivity index (χ0v) is 10.5. The van der Waals surface area contributed by atoms with Crippen molar-refractivity contribution in [3.63, 3.8) is 0 Å². The number of hydrogen-bond donors (Lipinski definition) is 2. The minimum absolute atomic E-state index is 0.450. The van der Waals surface area contributed by atoms with Crippen LogP contribution in [-0.4, -0.2) is 16.1 Å². The van der Waals surface area contributed by atoms with Crippen LogP contribution in [0.3, 0.4) is 0 Å². The normalized spacial score (nSPS) is 11.9. The lowest BCUT2D eigenvalue weighted by Gasteiger charge is -2.18. The van der Waals surface area contributed by atoms with Gasteiger partial charge in [0.05, 0.1) is 10.4 Å². The molecule has 0 amide bonds. The molecule has 0 aliphatic carbocycles. The van der Waals surface area contributed by atoms with Crippen LogP contribution in [0.5, 0.6) is 0 Å². The predicted octanol–water partition coefficient (Wildman–Crippen LogP) is 3.47. The molecule has 3 nitrogen and oxygen atoms in total. The summed E-state index contributed by atoms with van der Waals surface area (Å²) in [4.78, 5) is 14.2. The van der Waals surface area contributed by atoms with E-state index in [4.69, 9.17) is 16.7 Å². The molecule has 0 saturated carbocycles. The summed E-state index contributed by atoms with van der Waals surface area (Å²) in [5.74, 6) is -0.807. The van der Waals surface area contributed by atoms with Gasteiger partial charge in [0, 0.05) is 17.1 Å². The standard InChI is InChI=1S/C13H14ClNO2/c1-13(2,12(16)17)6-8-7-15-10-5-3-4-9(14)11(8)10/h3-5,7,15H,6H2,1-2H3,(H,16,17). The Hall–Kier alpha value is -1.48. The maximum atomic E-state index is 11.1. The molecule has 0 fully saturated rings. The molecular weight excluding hydrogens is 238 g/mol. The van der Waals surface area contributed by atoms with Crippen molar-refractivity contribution >= 4 is 28.5 Å². The Morgan fingerprint density at radius 1 is 1.47 bits per heavy atom. The maximum absolute atomic E-state index is 11.1. The molecule has 1 aromatic heterocycles. The fourth-order valence-corrected chi connectivity index (χ4v) is 2.19. The summed E-state index contributed by atoms with van der Waals surface area (Å²) >= 11 is 6.14. The number of fused-ring (bicyclic) bond motifs is 1. The van der Waals surface area contributed by atoms with E-state index in [2.05, 4.69) is 4.98 Å². The number of benzene rings is 1. The van der Waals surface area contributed by atoms with Crippen molar-refractivity contribution in [3.05, 3.63) is 35.0 Å². The summed E-state index contributed by atoms with van der Waals surface area (Å²) in [5.41, 5.74) is 1.08. The minimum atomic E-state index is -0.807. The third-order valence-corrected chi connectivity index (χ3v) is 3.26. The van der Waals surface area contributed by atoms with E-state index in [9.17, 15) is 4.79 Å². The number of carbonyl (C=O) groups is 1. The minimum Gasteiger partial charge on any atom is -0.481 e. The number of rotatable bonds is 3. The largest absolute Gasteiger partial charge is 0.481 e. The average Bonchev–Trinajstić information content (AvgIpc) is 2.62. The molecule has 1 heterocycles. The van der Waals surface area contributed by atoms with E-state index in [1.54, 1.807) is 13.8 Å². The SMILES string of the molecule is CC(C)(Cc1c[nH]c2cccc(Cl)c12)C(=O)O. The van der Waals surface area contributed by atoms with Crippen LogP contribution in [0.2, 0.25) is 5.02 Å². The highest BCUT2D eigenvalue weighted by molar-refractivity contribution is 6.35. The Bertz CT molecular complexity index is 572. The van der Waals surface area contributed by atoms with Crippen LogP contribution in [0.25, 0.3) is 10.9 Å². The van der Waals surface area contributed by atoms with Gasteiger partial charge in [-0.3, -0.25) is 4.79 Å². The van der Waals surface area contributed by atoms with Gasteiger partial charge in [0.1, 0.15) is 0 Å². The van der Waals surface area contributed by atoms with Gasteiger partial charge in [-0.1, -0.05) is 17.7 Å². The first-order valence-corrected chi connectivity index (χ1v) is 5.77. The number of carboxylic acid groups (broad SMARTS) is 1. The molecule has 0 bridgehead atoms. The number of hydrogen-bond acceptors (Lipinski definition) is 1. The quantitative estimate of drug-likeness (QED) is 0.878. The van der Waals surface area contributed by atoms with E-state index in [0.717, 1.165) is 16.5 Å². The average molecular weight is 252 g/mol. The lowest BCUT2D eigenvalue weighted by molar-refractivity contribution is -0.146. The fourth-order valence-electron chi connectivity index (χ4n) is 1.90. The molecule has 0 atom stereocenters. The summed E-state index contributed by atoms with van der Waals surface area (Å²) in [6.45, 7) is 3.43. The summed E-state index contributed by atoms with van der Waals surface area (Å²) in [6, 6.07) is 5.61. The molecule has 4 heteroatoms. The summed E-state index contributed by atoms with van der Waals surface area (Å²) in [7, 11) is 0. The van der Waals surface area contributed by atoms with Crippen LogP contribution in [0.4, 0.5) is 0 Å². The van der Waals surface area contributed by atoms with Crippen LogP contribution in [0, 0.1) is 5.41 Å². The third-order valence-electron chi connectivity index (χ3n) is 2.95. The van der Waals surface area contributed by atoms with Gasteiger partial charge in [0.15, 0.2) is 0 Å². The second-order valence-electron chi connectivity index (χ2n) is 4.84. The van der Waals surface area contributed by atoms with E-state index in [1.807, 2.05) is 24.4 Å². The Morgan fingerprint density at radius 3 is 2.82 bits per heavy atom. The third kappa shape index (κ3) is 2.15. The zero-order chi connectivity index (χ0) is 12.6. The van der Waals surface area contributed by atoms with Gasteiger partial charge >= 0.3 is 5.97 Å². The van der Waals surface area contributed by atoms with Gasteiger partial charge in [-0.15, -0.1) is 0 Å². The molecule has 90 valence electrons. The maximum Gasteiger partial charge on any atom is 0.309 e. The highest BCUT2D eigenvalue weighted by Gasteiger charge is 2.28. The first-order valence-electron chi connectivity index (χ1n) is 5.40. The number of aromatic nitrogens is 1. The lowest BCUT2D eigenvalue weighted by atomic mass is 9.86. The molecular formula is C13H14ClNO2. The van der Waals surface area contributed by atoms with Crippen molar-refractivity contribution in [1.29, 1.82) is 0 Å². The molecule has 17 heavy (non-hydrogen) atoms. The van der Waals surface area contributed by atoms with Crippen molar-refractivity contribution in [3.8, 4) is 0 Å². The van der Waals surface area contributed by atoms with Gasteiger partial charge in [0.2, 0.25) is 0 Å². The number of H-pyrrole nitrogens is 1. The summed E-state index contributed by atoms with van der Waals surface area (Å²) < 4.78 is 0. The van der Waals surface area contributed by atoms with Gasteiger partial charge < -0.3 is 10.1 Å². The second kappa shape index (κ2) is 4.08. The first-order chi connectivity index (χ1) is 7.92. The van der Waals surface area contributed by atoms with Gasteiger partial charge in [-0.05, 0) is 38.0 Å². The first kappa shape index (κ1) is 12.0. The molecule has 0 aliphatic heterocycles. The van der Waals surface area contributed by atoms with Crippen LogP contribution >= 0.6 is 11.6 Å². The molecule has 0 radical (unpaired) electrons. The number of nitrogens with one attached hydrogen (secondary N) is 1. The molecule has 2 rings (SSSR count). The monoisotopic (exact) mass is 251 g/mol. The molecule has 2 aromatic rings. The van der Waals surface area contributed by atoms with Crippen LogP contribution in [-0.2, 0) is 11.2 Å². The van der Waals surface area contributed by atoms with E-state index < -0.39 is 11.4 Å². The molecule has 0 unspecified atom stereocenters. The van der Waals surface area contributed by atoms with Crippen molar-refractivity contribution in [1.82, 2.24) is 4.98 Å². The molecule has 0 spiro atoms. The van der Waals surface area contributed by atoms with Crippen LogP contribution in [0.15, 0.2) is 24.4 Å². The Balaban J connectivity index is 2.47. The topological polar surface area (TPSA) is 53.1 Å². The van der Waals surface area contributed by atoms with Crippen molar-refractivity contribution in [2.24, 2.45) is 5.41 Å².